The smallest absolute Gasteiger partial charge is 0.132 e. The molecule has 1 saturated carbocycles. The first-order chi connectivity index (χ1) is 9.18. The molecular weight excluding hydrogens is 234 g/mol. The molecule has 0 spiro atoms. The monoisotopic (exact) mass is 261 g/mol. The average Bonchev–Trinajstić information content (AvgIpc) is 2.45. The highest BCUT2D eigenvalue weighted by Crippen LogP contribution is 2.26. The quantitative estimate of drug-likeness (QED) is 0.881. The first kappa shape index (κ1) is 14.3. The summed E-state index contributed by atoms with van der Waals surface area (Å²) in [5.41, 5.74) is 1.31. The van der Waals surface area contributed by atoms with Gasteiger partial charge in [-0.1, -0.05) is 39.2 Å². The molecule has 0 saturated heterocycles. The molecule has 19 heavy (non-hydrogen) atoms. The molecule has 0 aliphatic heterocycles. The third-order valence-electron chi connectivity index (χ3n) is 4.02. The minimum Gasteiger partial charge on any atom is -0.356 e. The summed E-state index contributed by atoms with van der Waals surface area (Å²) in [4.78, 5) is 7.02. The maximum absolute atomic E-state index is 4.62. The van der Waals surface area contributed by atoms with Crippen LogP contribution in [0.25, 0.3) is 0 Å². The minimum absolute atomic E-state index is 0.507. The molecule has 106 valence electrons. The van der Waals surface area contributed by atoms with Gasteiger partial charge in [-0.2, -0.15) is 0 Å². The highest BCUT2D eigenvalue weighted by Gasteiger charge is 2.20. The van der Waals surface area contributed by atoms with E-state index in [1.165, 1.54) is 37.7 Å². The number of nitrogens with zero attached hydrogens (tertiary/aromatic N) is 2. The minimum atomic E-state index is 0.507. The maximum Gasteiger partial charge on any atom is 0.132 e. The Morgan fingerprint density at radius 3 is 2.74 bits per heavy atom. The largest absolute Gasteiger partial charge is 0.356 e. The number of hydrogen-bond donors (Lipinski definition) is 1. The Bertz CT molecular complexity index is 383. The fourth-order valence-corrected chi connectivity index (χ4v) is 2.84. The number of hydrogen-bond acceptors (Lipinski definition) is 3. The Hall–Kier alpha value is -1.09. The van der Waals surface area contributed by atoms with E-state index in [2.05, 4.69) is 42.2 Å². The van der Waals surface area contributed by atoms with Gasteiger partial charge in [0.05, 0.1) is 0 Å². The molecule has 1 fully saturated rings. The van der Waals surface area contributed by atoms with E-state index in [1.807, 2.05) is 12.3 Å². The molecule has 1 aliphatic carbocycles. The van der Waals surface area contributed by atoms with Gasteiger partial charge in [-0.05, 0) is 18.9 Å². The van der Waals surface area contributed by atoms with Crippen LogP contribution >= 0.6 is 0 Å². The summed E-state index contributed by atoms with van der Waals surface area (Å²) in [6.45, 7) is 5.26. The number of nitrogens with one attached hydrogen (secondary N) is 1. The van der Waals surface area contributed by atoms with E-state index in [1.54, 1.807) is 0 Å². The summed E-state index contributed by atoms with van der Waals surface area (Å²) in [6, 6.07) is 5.40. The van der Waals surface area contributed by atoms with E-state index in [9.17, 15) is 0 Å². The zero-order chi connectivity index (χ0) is 13.7. The first-order valence-corrected chi connectivity index (χ1v) is 7.58. The predicted molar refractivity (Wildman–Crippen MR) is 81.5 cm³/mol. The van der Waals surface area contributed by atoms with E-state index >= 15 is 0 Å². The molecule has 0 atom stereocenters. The molecule has 2 rings (SSSR count). The fourth-order valence-electron chi connectivity index (χ4n) is 2.84. The van der Waals surface area contributed by atoms with Gasteiger partial charge >= 0.3 is 0 Å². The lowest BCUT2D eigenvalue weighted by molar-refractivity contribution is 0.425. The topological polar surface area (TPSA) is 28.2 Å². The summed E-state index contributed by atoms with van der Waals surface area (Å²) in [5, 5.41) is 3.49. The number of aromatic nitrogens is 1. The molecule has 3 heteroatoms. The van der Waals surface area contributed by atoms with Gasteiger partial charge in [-0.15, -0.1) is 0 Å². The van der Waals surface area contributed by atoms with Crippen molar-refractivity contribution in [1.82, 2.24) is 10.3 Å². The molecule has 1 aromatic rings. The van der Waals surface area contributed by atoms with Crippen molar-refractivity contribution >= 4 is 5.82 Å². The molecule has 0 radical (unpaired) electrons. The van der Waals surface area contributed by atoms with Gasteiger partial charge in [-0.25, -0.2) is 4.98 Å². The molecule has 1 aliphatic rings. The molecule has 0 aromatic carbocycles. The van der Waals surface area contributed by atoms with Gasteiger partial charge in [0.25, 0.3) is 0 Å². The lowest BCUT2D eigenvalue weighted by atomic mass is 9.94. The van der Waals surface area contributed by atoms with Crippen LogP contribution in [0.2, 0.25) is 0 Å². The van der Waals surface area contributed by atoms with Crippen LogP contribution in [0.4, 0.5) is 5.82 Å². The van der Waals surface area contributed by atoms with Crippen LogP contribution in [-0.4, -0.2) is 24.1 Å². The van der Waals surface area contributed by atoms with Crippen LogP contribution < -0.4 is 10.2 Å². The van der Waals surface area contributed by atoms with Crippen molar-refractivity contribution in [3.05, 3.63) is 23.9 Å². The van der Waals surface area contributed by atoms with E-state index in [-0.39, 0.29) is 0 Å². The van der Waals surface area contributed by atoms with Crippen molar-refractivity contribution in [2.75, 3.05) is 11.9 Å². The molecule has 1 heterocycles. The first-order valence-electron chi connectivity index (χ1n) is 7.58. The van der Waals surface area contributed by atoms with Crippen molar-refractivity contribution in [1.29, 1.82) is 0 Å². The fraction of sp³-hybridized carbons (Fsp3) is 0.688. The molecule has 1 aromatic heterocycles. The van der Waals surface area contributed by atoms with Crippen LogP contribution in [0.5, 0.6) is 0 Å². The second kappa shape index (κ2) is 6.90. The van der Waals surface area contributed by atoms with E-state index in [0.29, 0.717) is 12.1 Å². The van der Waals surface area contributed by atoms with Gasteiger partial charge in [0.15, 0.2) is 0 Å². The molecular formula is C16H27N3. The van der Waals surface area contributed by atoms with Gasteiger partial charge in [-0.3, -0.25) is 0 Å². The van der Waals surface area contributed by atoms with Gasteiger partial charge in [0, 0.05) is 37.4 Å². The van der Waals surface area contributed by atoms with E-state index < -0.39 is 0 Å². The number of rotatable bonds is 5. The third kappa shape index (κ3) is 3.93. The highest BCUT2D eigenvalue weighted by molar-refractivity contribution is 5.47. The molecule has 0 bridgehead atoms. The second-order valence-electron chi connectivity index (χ2n) is 5.92. The van der Waals surface area contributed by atoms with Crippen LogP contribution in [-0.2, 0) is 6.54 Å². The second-order valence-corrected chi connectivity index (χ2v) is 5.92. The SMILES string of the molecule is CC(C)NCc1cccnc1N(C)C1CCCCC1. The third-order valence-corrected chi connectivity index (χ3v) is 4.02. The summed E-state index contributed by atoms with van der Waals surface area (Å²) < 4.78 is 0. The standard InChI is InChI=1S/C16H27N3/c1-13(2)18-12-14-8-7-11-17-16(14)19(3)15-9-5-4-6-10-15/h7-8,11,13,15,18H,4-6,9-10,12H2,1-3H3. The number of pyridine rings is 1. The normalized spacial score (nSPS) is 16.8. The van der Waals surface area contributed by atoms with Crippen LogP contribution in [0.15, 0.2) is 18.3 Å². The van der Waals surface area contributed by atoms with Crippen LogP contribution in [0, 0.1) is 0 Å². The lowest BCUT2D eigenvalue weighted by Gasteiger charge is -2.33. The Kier molecular flexibility index (Phi) is 5.20. The van der Waals surface area contributed by atoms with Crippen molar-refractivity contribution in [2.24, 2.45) is 0 Å². The zero-order valence-electron chi connectivity index (χ0n) is 12.5. The average molecular weight is 261 g/mol. The van der Waals surface area contributed by atoms with Crippen LogP contribution in [0.1, 0.15) is 51.5 Å². The lowest BCUT2D eigenvalue weighted by Crippen LogP contribution is -2.35. The van der Waals surface area contributed by atoms with E-state index in [0.717, 1.165) is 12.4 Å². The Morgan fingerprint density at radius 2 is 2.05 bits per heavy atom. The predicted octanol–water partition coefficient (Wildman–Crippen LogP) is 3.35. The van der Waals surface area contributed by atoms with E-state index in [4.69, 9.17) is 0 Å². The van der Waals surface area contributed by atoms with Gasteiger partial charge < -0.3 is 10.2 Å². The zero-order valence-corrected chi connectivity index (χ0v) is 12.5. The highest BCUT2D eigenvalue weighted by atomic mass is 15.2. The van der Waals surface area contributed by atoms with Gasteiger partial charge in [0.2, 0.25) is 0 Å². The summed E-state index contributed by atoms with van der Waals surface area (Å²) >= 11 is 0. The summed E-state index contributed by atoms with van der Waals surface area (Å²) in [5.74, 6) is 1.16. The summed E-state index contributed by atoms with van der Waals surface area (Å²) in [7, 11) is 2.21. The van der Waals surface area contributed by atoms with Crippen LogP contribution in [0.3, 0.4) is 0 Å². The van der Waals surface area contributed by atoms with Crippen molar-refractivity contribution < 1.29 is 0 Å². The summed E-state index contributed by atoms with van der Waals surface area (Å²) in [6.07, 6.45) is 8.65. The number of anilines is 1. The Labute approximate surface area is 117 Å². The van der Waals surface area contributed by atoms with Crippen molar-refractivity contribution in [3.8, 4) is 0 Å². The Balaban J connectivity index is 2.08. The van der Waals surface area contributed by atoms with Crippen molar-refractivity contribution in [2.45, 2.75) is 64.6 Å². The van der Waals surface area contributed by atoms with Gasteiger partial charge in [0.1, 0.15) is 5.82 Å². The molecule has 1 N–H and O–H groups in total. The molecule has 3 nitrogen and oxygen atoms in total. The van der Waals surface area contributed by atoms with Crippen molar-refractivity contribution in [3.63, 3.8) is 0 Å². The molecule has 0 unspecified atom stereocenters. The molecule has 0 amide bonds. The maximum atomic E-state index is 4.62. The Morgan fingerprint density at radius 1 is 1.32 bits per heavy atom.